The van der Waals surface area contributed by atoms with Crippen LogP contribution >= 0.6 is 11.6 Å². The molecule has 0 heterocycles. The summed E-state index contributed by atoms with van der Waals surface area (Å²) in [5, 5.41) is 6.43. The van der Waals surface area contributed by atoms with Gasteiger partial charge in [0.05, 0.1) is 5.02 Å². The van der Waals surface area contributed by atoms with Gasteiger partial charge in [-0.05, 0) is 32.5 Å². The third kappa shape index (κ3) is 5.09. The Morgan fingerprint density at radius 1 is 1.42 bits per heavy atom. The SMILES string of the molecule is CCC(Oc1ccccc1Cl)C(=O)NCC(C)NC. The second-order valence-corrected chi connectivity index (χ2v) is 4.79. The van der Waals surface area contributed by atoms with E-state index in [9.17, 15) is 4.79 Å². The van der Waals surface area contributed by atoms with E-state index in [2.05, 4.69) is 10.6 Å². The molecule has 2 atom stereocenters. The zero-order chi connectivity index (χ0) is 14.3. The number of amides is 1. The quantitative estimate of drug-likeness (QED) is 0.807. The van der Waals surface area contributed by atoms with E-state index in [4.69, 9.17) is 16.3 Å². The number of ether oxygens (including phenoxy) is 1. The van der Waals surface area contributed by atoms with Crippen LogP contribution in [0.25, 0.3) is 0 Å². The van der Waals surface area contributed by atoms with Gasteiger partial charge in [-0.15, -0.1) is 0 Å². The molecule has 1 amide bonds. The smallest absolute Gasteiger partial charge is 0.261 e. The van der Waals surface area contributed by atoms with Gasteiger partial charge in [-0.2, -0.15) is 0 Å². The van der Waals surface area contributed by atoms with Crippen molar-refractivity contribution in [3.05, 3.63) is 29.3 Å². The Morgan fingerprint density at radius 2 is 2.11 bits per heavy atom. The minimum atomic E-state index is -0.524. The summed E-state index contributed by atoms with van der Waals surface area (Å²) in [6.45, 7) is 4.47. The summed E-state index contributed by atoms with van der Waals surface area (Å²) < 4.78 is 5.66. The summed E-state index contributed by atoms with van der Waals surface area (Å²) in [5.74, 6) is 0.414. The van der Waals surface area contributed by atoms with Crippen LogP contribution in [0.15, 0.2) is 24.3 Å². The summed E-state index contributed by atoms with van der Waals surface area (Å²) in [7, 11) is 1.86. The molecule has 0 aromatic heterocycles. The maximum atomic E-state index is 12.0. The van der Waals surface area contributed by atoms with Crippen LogP contribution in [0, 0.1) is 0 Å². The highest BCUT2D eigenvalue weighted by molar-refractivity contribution is 6.32. The molecular formula is C14H21ClN2O2. The van der Waals surface area contributed by atoms with E-state index in [0.29, 0.717) is 23.7 Å². The average molecular weight is 285 g/mol. The summed E-state index contributed by atoms with van der Waals surface area (Å²) in [6, 6.07) is 7.38. The fraction of sp³-hybridized carbons (Fsp3) is 0.500. The van der Waals surface area contributed by atoms with Crippen molar-refractivity contribution in [2.24, 2.45) is 0 Å². The van der Waals surface area contributed by atoms with Gasteiger partial charge < -0.3 is 15.4 Å². The lowest BCUT2D eigenvalue weighted by atomic mass is 10.2. The van der Waals surface area contributed by atoms with Crippen molar-refractivity contribution in [2.45, 2.75) is 32.4 Å². The van der Waals surface area contributed by atoms with Crippen LogP contribution in [-0.2, 0) is 4.79 Å². The third-order valence-corrected chi connectivity index (χ3v) is 3.16. The first-order chi connectivity index (χ1) is 9.08. The van der Waals surface area contributed by atoms with Crippen LogP contribution in [0.4, 0.5) is 0 Å². The fourth-order valence-electron chi connectivity index (χ4n) is 1.49. The molecule has 0 fully saturated rings. The molecule has 0 aliphatic rings. The minimum Gasteiger partial charge on any atom is -0.479 e. The van der Waals surface area contributed by atoms with Gasteiger partial charge >= 0.3 is 0 Å². The Kier molecular flexibility index (Phi) is 6.67. The van der Waals surface area contributed by atoms with E-state index in [1.165, 1.54) is 0 Å². The Labute approximate surface area is 119 Å². The normalized spacial score (nSPS) is 13.7. The van der Waals surface area contributed by atoms with Crippen molar-refractivity contribution in [3.8, 4) is 5.75 Å². The van der Waals surface area contributed by atoms with Crippen molar-refractivity contribution in [1.29, 1.82) is 0 Å². The molecule has 0 aliphatic carbocycles. The molecule has 1 rings (SSSR count). The number of benzene rings is 1. The molecule has 2 unspecified atom stereocenters. The third-order valence-electron chi connectivity index (χ3n) is 2.84. The van der Waals surface area contributed by atoms with Crippen molar-refractivity contribution < 1.29 is 9.53 Å². The Hall–Kier alpha value is -1.26. The molecular weight excluding hydrogens is 264 g/mol. The lowest BCUT2D eigenvalue weighted by Gasteiger charge is -2.19. The van der Waals surface area contributed by atoms with E-state index in [1.807, 2.05) is 33.0 Å². The number of para-hydroxylation sites is 1. The standard InChI is InChI=1S/C14H21ClN2O2/c1-4-12(14(18)17-9-10(2)16-3)19-13-8-6-5-7-11(13)15/h5-8,10,12,16H,4,9H2,1-3H3,(H,17,18). The van der Waals surface area contributed by atoms with Gasteiger partial charge in [0.1, 0.15) is 5.75 Å². The molecule has 5 heteroatoms. The van der Waals surface area contributed by atoms with Crippen molar-refractivity contribution in [1.82, 2.24) is 10.6 Å². The molecule has 0 aliphatic heterocycles. The van der Waals surface area contributed by atoms with E-state index >= 15 is 0 Å². The van der Waals surface area contributed by atoms with Crippen molar-refractivity contribution in [3.63, 3.8) is 0 Å². The number of carbonyl (C=O) groups excluding carboxylic acids is 1. The first-order valence-electron chi connectivity index (χ1n) is 6.44. The lowest BCUT2D eigenvalue weighted by Crippen LogP contribution is -2.43. The number of halogens is 1. The van der Waals surface area contributed by atoms with Gasteiger partial charge in [0.2, 0.25) is 0 Å². The summed E-state index contributed by atoms with van der Waals surface area (Å²) in [5.41, 5.74) is 0. The van der Waals surface area contributed by atoms with E-state index < -0.39 is 6.10 Å². The summed E-state index contributed by atoms with van der Waals surface area (Å²) >= 11 is 6.01. The first kappa shape index (κ1) is 15.8. The second kappa shape index (κ2) is 8.02. The predicted molar refractivity (Wildman–Crippen MR) is 77.7 cm³/mol. The highest BCUT2D eigenvalue weighted by Gasteiger charge is 2.19. The number of carbonyl (C=O) groups is 1. The molecule has 1 aromatic carbocycles. The second-order valence-electron chi connectivity index (χ2n) is 4.38. The van der Waals surface area contributed by atoms with Crippen LogP contribution < -0.4 is 15.4 Å². The molecule has 19 heavy (non-hydrogen) atoms. The molecule has 0 spiro atoms. The summed E-state index contributed by atoms with van der Waals surface area (Å²) in [6.07, 6.45) is 0.0642. The van der Waals surface area contributed by atoms with Crippen LogP contribution in [0.2, 0.25) is 5.02 Å². The van der Waals surface area contributed by atoms with Gasteiger partial charge in [-0.25, -0.2) is 0 Å². The van der Waals surface area contributed by atoms with Crippen LogP contribution in [0.1, 0.15) is 20.3 Å². The first-order valence-corrected chi connectivity index (χ1v) is 6.82. The van der Waals surface area contributed by atoms with Crippen molar-refractivity contribution >= 4 is 17.5 Å². The Bertz CT molecular complexity index is 412. The van der Waals surface area contributed by atoms with Crippen molar-refractivity contribution in [2.75, 3.05) is 13.6 Å². The highest BCUT2D eigenvalue weighted by atomic mass is 35.5. The van der Waals surface area contributed by atoms with Crippen LogP contribution in [0.3, 0.4) is 0 Å². The van der Waals surface area contributed by atoms with E-state index in [0.717, 1.165) is 0 Å². The van der Waals surface area contributed by atoms with Gasteiger partial charge in [0, 0.05) is 12.6 Å². The van der Waals surface area contributed by atoms with E-state index in [-0.39, 0.29) is 11.9 Å². The van der Waals surface area contributed by atoms with Gasteiger partial charge in [-0.1, -0.05) is 30.7 Å². The number of nitrogens with one attached hydrogen (secondary N) is 2. The topological polar surface area (TPSA) is 50.4 Å². The number of rotatable bonds is 7. The zero-order valence-corrected chi connectivity index (χ0v) is 12.3. The zero-order valence-electron chi connectivity index (χ0n) is 11.6. The number of hydrogen-bond donors (Lipinski definition) is 2. The summed E-state index contributed by atoms with van der Waals surface area (Å²) in [4.78, 5) is 12.0. The molecule has 0 saturated heterocycles. The Morgan fingerprint density at radius 3 is 2.68 bits per heavy atom. The molecule has 0 bridgehead atoms. The van der Waals surface area contributed by atoms with Gasteiger partial charge in [-0.3, -0.25) is 4.79 Å². The van der Waals surface area contributed by atoms with Crippen LogP contribution in [0.5, 0.6) is 5.75 Å². The molecule has 2 N–H and O–H groups in total. The highest BCUT2D eigenvalue weighted by Crippen LogP contribution is 2.24. The number of likely N-dealkylation sites (N-methyl/N-ethyl adjacent to an activating group) is 1. The largest absolute Gasteiger partial charge is 0.479 e. The van der Waals surface area contributed by atoms with Gasteiger partial charge in [0.15, 0.2) is 6.10 Å². The van der Waals surface area contributed by atoms with Crippen LogP contribution in [-0.4, -0.2) is 31.6 Å². The lowest BCUT2D eigenvalue weighted by molar-refractivity contribution is -0.128. The monoisotopic (exact) mass is 284 g/mol. The predicted octanol–water partition coefficient (Wildman–Crippen LogP) is 2.22. The maximum Gasteiger partial charge on any atom is 0.261 e. The maximum absolute atomic E-state index is 12.0. The van der Waals surface area contributed by atoms with E-state index in [1.54, 1.807) is 12.1 Å². The average Bonchev–Trinajstić information content (AvgIpc) is 2.43. The molecule has 4 nitrogen and oxygen atoms in total. The Balaban J connectivity index is 2.58. The number of hydrogen-bond acceptors (Lipinski definition) is 3. The molecule has 0 radical (unpaired) electrons. The molecule has 106 valence electrons. The molecule has 1 aromatic rings. The fourth-order valence-corrected chi connectivity index (χ4v) is 1.67. The molecule has 0 saturated carbocycles. The van der Waals surface area contributed by atoms with Gasteiger partial charge in [0.25, 0.3) is 5.91 Å². The minimum absolute atomic E-state index is 0.121.